The van der Waals surface area contributed by atoms with Crippen molar-refractivity contribution >= 4 is 29.9 Å². The van der Waals surface area contributed by atoms with Gasteiger partial charge >= 0.3 is 0 Å². The van der Waals surface area contributed by atoms with Gasteiger partial charge in [0.25, 0.3) is 5.91 Å². The number of carbonyl (C=O) groups is 2. The maximum atomic E-state index is 12.0. The van der Waals surface area contributed by atoms with E-state index in [1.165, 1.54) is 0 Å². The fraction of sp³-hybridized carbons (Fsp3) is 0.429. The summed E-state index contributed by atoms with van der Waals surface area (Å²) >= 11 is 0. The summed E-state index contributed by atoms with van der Waals surface area (Å²) in [7, 11) is 1.78. The molecule has 0 saturated heterocycles. The van der Waals surface area contributed by atoms with Crippen LogP contribution in [0.3, 0.4) is 0 Å². The van der Waals surface area contributed by atoms with Crippen molar-refractivity contribution in [3.05, 3.63) is 29.3 Å². The Hall–Kier alpha value is -1.59. The van der Waals surface area contributed by atoms with Gasteiger partial charge < -0.3 is 16.0 Å². The Balaban J connectivity index is 0.00000200. The number of fused-ring (bicyclic) bond motifs is 1. The zero-order valence-corrected chi connectivity index (χ0v) is 12.5. The molecule has 1 aromatic rings. The number of anilines is 1. The molecule has 5 nitrogen and oxygen atoms in total. The van der Waals surface area contributed by atoms with Gasteiger partial charge in [-0.05, 0) is 24.1 Å². The lowest BCUT2D eigenvalue weighted by molar-refractivity contribution is -0.119. The highest BCUT2D eigenvalue weighted by Crippen LogP contribution is 2.22. The average Bonchev–Trinajstić information content (AvgIpc) is 2.42. The van der Waals surface area contributed by atoms with E-state index in [1.807, 2.05) is 12.1 Å². The number of hydrogen-bond donors (Lipinski definition) is 2. The van der Waals surface area contributed by atoms with E-state index in [0.717, 1.165) is 18.5 Å². The highest BCUT2D eigenvalue weighted by molar-refractivity contribution is 5.99. The molecule has 1 atom stereocenters. The number of rotatable bonds is 3. The maximum Gasteiger partial charge on any atom is 0.253 e. The summed E-state index contributed by atoms with van der Waals surface area (Å²) in [5.41, 5.74) is 7.81. The van der Waals surface area contributed by atoms with Crippen LogP contribution in [0, 0.1) is 5.92 Å². The van der Waals surface area contributed by atoms with Gasteiger partial charge in [-0.1, -0.05) is 13.0 Å². The van der Waals surface area contributed by atoms with Crippen LogP contribution < -0.4 is 11.1 Å². The Bertz CT molecular complexity index is 519. The highest BCUT2D eigenvalue weighted by atomic mass is 35.5. The van der Waals surface area contributed by atoms with Crippen LogP contribution in [0.25, 0.3) is 0 Å². The third kappa shape index (κ3) is 3.29. The fourth-order valence-electron chi connectivity index (χ4n) is 2.04. The number of amides is 2. The van der Waals surface area contributed by atoms with Crippen LogP contribution in [0.5, 0.6) is 0 Å². The van der Waals surface area contributed by atoms with E-state index in [4.69, 9.17) is 5.73 Å². The van der Waals surface area contributed by atoms with Crippen molar-refractivity contribution in [2.24, 2.45) is 11.7 Å². The number of nitrogens with one attached hydrogen (secondary N) is 1. The predicted octanol–water partition coefficient (Wildman–Crippen LogP) is 1.27. The van der Waals surface area contributed by atoms with Crippen molar-refractivity contribution in [1.29, 1.82) is 0 Å². The summed E-state index contributed by atoms with van der Waals surface area (Å²) in [6, 6.07) is 5.48. The van der Waals surface area contributed by atoms with E-state index in [-0.39, 0.29) is 30.1 Å². The van der Waals surface area contributed by atoms with Crippen LogP contribution >= 0.6 is 12.4 Å². The van der Waals surface area contributed by atoms with Crippen molar-refractivity contribution in [3.8, 4) is 0 Å². The van der Waals surface area contributed by atoms with Gasteiger partial charge in [0.2, 0.25) is 5.91 Å². The van der Waals surface area contributed by atoms with Crippen LogP contribution in [-0.2, 0) is 11.2 Å². The van der Waals surface area contributed by atoms with E-state index in [1.54, 1.807) is 24.9 Å². The number of halogens is 1. The molecular formula is C14H20ClN3O2. The average molecular weight is 298 g/mol. The molecule has 0 aromatic heterocycles. The molecule has 1 unspecified atom stereocenters. The SMILES string of the molecule is CC(CN)C(=O)Nc1ccc2c(c1)C(=O)N(C)CC2.Cl. The van der Waals surface area contributed by atoms with Gasteiger partial charge in [-0.15, -0.1) is 12.4 Å². The van der Waals surface area contributed by atoms with E-state index in [0.29, 0.717) is 17.8 Å². The molecule has 1 aliphatic heterocycles. The maximum absolute atomic E-state index is 12.0. The molecule has 1 aliphatic rings. The smallest absolute Gasteiger partial charge is 0.253 e. The molecule has 0 saturated carbocycles. The lowest BCUT2D eigenvalue weighted by Crippen LogP contribution is -2.34. The molecule has 0 spiro atoms. The molecule has 2 amide bonds. The van der Waals surface area contributed by atoms with Crippen molar-refractivity contribution in [2.75, 3.05) is 25.5 Å². The number of benzene rings is 1. The molecule has 1 aromatic carbocycles. The minimum absolute atomic E-state index is 0. The summed E-state index contributed by atoms with van der Waals surface area (Å²) < 4.78 is 0. The Labute approximate surface area is 124 Å². The van der Waals surface area contributed by atoms with Gasteiger partial charge in [0.1, 0.15) is 0 Å². The monoisotopic (exact) mass is 297 g/mol. The minimum atomic E-state index is -0.241. The molecule has 110 valence electrons. The third-order valence-corrected chi connectivity index (χ3v) is 3.47. The zero-order chi connectivity index (χ0) is 14.0. The first-order chi connectivity index (χ1) is 9.02. The molecule has 0 aliphatic carbocycles. The van der Waals surface area contributed by atoms with Crippen molar-refractivity contribution in [1.82, 2.24) is 4.90 Å². The summed E-state index contributed by atoms with van der Waals surface area (Å²) in [6.07, 6.45) is 0.852. The second-order valence-corrected chi connectivity index (χ2v) is 4.97. The molecule has 0 fully saturated rings. The third-order valence-electron chi connectivity index (χ3n) is 3.47. The van der Waals surface area contributed by atoms with E-state index < -0.39 is 0 Å². The standard InChI is InChI=1S/C14H19N3O2.ClH/c1-9(8-15)13(18)16-11-4-3-10-5-6-17(2)14(19)12(10)7-11;/h3-4,7,9H,5-6,8,15H2,1-2H3,(H,16,18);1H. The molecule has 0 radical (unpaired) electrons. The zero-order valence-electron chi connectivity index (χ0n) is 11.7. The van der Waals surface area contributed by atoms with Gasteiger partial charge in [-0.2, -0.15) is 0 Å². The first-order valence-electron chi connectivity index (χ1n) is 6.42. The van der Waals surface area contributed by atoms with Crippen LogP contribution in [0.2, 0.25) is 0 Å². The second kappa shape index (κ2) is 6.72. The van der Waals surface area contributed by atoms with Crippen molar-refractivity contribution < 1.29 is 9.59 Å². The minimum Gasteiger partial charge on any atom is -0.341 e. The Morgan fingerprint density at radius 1 is 1.50 bits per heavy atom. The van der Waals surface area contributed by atoms with Crippen LogP contribution in [0.4, 0.5) is 5.69 Å². The Morgan fingerprint density at radius 3 is 2.85 bits per heavy atom. The van der Waals surface area contributed by atoms with Gasteiger partial charge in [0.05, 0.1) is 0 Å². The number of nitrogens with two attached hydrogens (primary N) is 1. The van der Waals surface area contributed by atoms with Crippen molar-refractivity contribution in [2.45, 2.75) is 13.3 Å². The number of likely N-dealkylation sites (N-methyl/N-ethyl adjacent to an activating group) is 1. The summed E-state index contributed by atoms with van der Waals surface area (Å²) in [6.45, 7) is 2.81. The van der Waals surface area contributed by atoms with Crippen molar-refractivity contribution in [3.63, 3.8) is 0 Å². The van der Waals surface area contributed by atoms with Crippen LogP contribution in [0.1, 0.15) is 22.8 Å². The molecular weight excluding hydrogens is 278 g/mol. The second-order valence-electron chi connectivity index (χ2n) is 4.97. The molecule has 3 N–H and O–H groups in total. The highest BCUT2D eigenvalue weighted by Gasteiger charge is 2.22. The largest absolute Gasteiger partial charge is 0.341 e. The lowest BCUT2D eigenvalue weighted by Gasteiger charge is -2.25. The summed E-state index contributed by atoms with van der Waals surface area (Å²) in [5.74, 6) is -0.363. The molecule has 20 heavy (non-hydrogen) atoms. The van der Waals surface area contributed by atoms with Crippen LogP contribution in [0.15, 0.2) is 18.2 Å². The molecule has 0 bridgehead atoms. The molecule has 6 heteroatoms. The number of carbonyl (C=O) groups excluding carboxylic acids is 2. The van der Waals surface area contributed by atoms with Crippen LogP contribution in [-0.4, -0.2) is 36.9 Å². The molecule has 1 heterocycles. The first-order valence-corrected chi connectivity index (χ1v) is 6.42. The predicted molar refractivity (Wildman–Crippen MR) is 81.2 cm³/mol. The lowest BCUT2D eigenvalue weighted by atomic mass is 9.98. The summed E-state index contributed by atoms with van der Waals surface area (Å²) in [4.78, 5) is 25.5. The Kier molecular flexibility index (Phi) is 5.53. The van der Waals surface area contributed by atoms with Gasteiger partial charge in [0.15, 0.2) is 0 Å². The van der Waals surface area contributed by atoms with Gasteiger partial charge in [0, 0.05) is 37.3 Å². The fourth-order valence-corrected chi connectivity index (χ4v) is 2.04. The van der Waals surface area contributed by atoms with E-state index in [9.17, 15) is 9.59 Å². The quantitative estimate of drug-likeness (QED) is 0.882. The first kappa shape index (κ1) is 16.5. The molecule has 2 rings (SSSR count). The van der Waals surface area contributed by atoms with E-state index >= 15 is 0 Å². The number of hydrogen-bond acceptors (Lipinski definition) is 3. The normalized spacial score (nSPS) is 15.2. The Morgan fingerprint density at radius 2 is 2.20 bits per heavy atom. The topological polar surface area (TPSA) is 75.4 Å². The van der Waals surface area contributed by atoms with Gasteiger partial charge in [-0.25, -0.2) is 0 Å². The van der Waals surface area contributed by atoms with Gasteiger partial charge in [-0.3, -0.25) is 9.59 Å². The number of nitrogens with zero attached hydrogens (tertiary/aromatic N) is 1. The summed E-state index contributed by atoms with van der Waals surface area (Å²) in [5, 5.41) is 2.79. The van der Waals surface area contributed by atoms with E-state index in [2.05, 4.69) is 5.32 Å².